The first kappa shape index (κ1) is 19.7. The van der Waals surface area contributed by atoms with Crippen LogP contribution in [-0.4, -0.2) is 49.4 Å². The number of guanidine groups is 1. The number of hydrogen-bond acceptors (Lipinski definition) is 4. The standard InChI is InChI=1S/C13H23N5O2.HI/c1-9-10(2)20-11(17-9)8-16-13(14-3)15-7-6-12(19)18(4)5;/h6-8H2,1-5H3,(H2,14,15,16);1H. The van der Waals surface area contributed by atoms with Crippen LogP contribution in [0.5, 0.6) is 0 Å². The maximum absolute atomic E-state index is 11.4. The minimum Gasteiger partial charge on any atom is -0.444 e. The van der Waals surface area contributed by atoms with Crippen molar-refractivity contribution in [2.24, 2.45) is 4.99 Å². The van der Waals surface area contributed by atoms with E-state index in [9.17, 15) is 4.79 Å². The Kier molecular flexibility index (Phi) is 8.98. The molecule has 1 amide bonds. The number of carbonyl (C=O) groups excluding carboxylic acids is 1. The first-order chi connectivity index (χ1) is 9.43. The summed E-state index contributed by atoms with van der Waals surface area (Å²) in [6, 6.07) is 0. The van der Waals surface area contributed by atoms with Crippen LogP contribution in [0.2, 0.25) is 0 Å². The fourth-order valence-corrected chi connectivity index (χ4v) is 1.51. The number of halogens is 1. The molecule has 1 aromatic rings. The van der Waals surface area contributed by atoms with Gasteiger partial charge in [-0.25, -0.2) is 4.98 Å². The fourth-order valence-electron chi connectivity index (χ4n) is 1.51. The smallest absolute Gasteiger partial charge is 0.223 e. The molecular weight excluding hydrogens is 385 g/mol. The highest BCUT2D eigenvalue weighted by molar-refractivity contribution is 14.0. The van der Waals surface area contributed by atoms with Crippen molar-refractivity contribution in [3.63, 3.8) is 0 Å². The highest BCUT2D eigenvalue weighted by Gasteiger charge is 2.07. The summed E-state index contributed by atoms with van der Waals surface area (Å²) in [5.41, 5.74) is 0.890. The van der Waals surface area contributed by atoms with Gasteiger partial charge in [-0.3, -0.25) is 9.79 Å². The molecule has 0 atom stereocenters. The van der Waals surface area contributed by atoms with Gasteiger partial charge in [-0.1, -0.05) is 0 Å². The number of rotatable bonds is 5. The van der Waals surface area contributed by atoms with Crippen molar-refractivity contribution in [2.75, 3.05) is 27.7 Å². The molecule has 0 radical (unpaired) electrons. The molecule has 0 aliphatic heterocycles. The predicted octanol–water partition coefficient (Wildman–Crippen LogP) is 1.05. The number of nitrogens with zero attached hydrogens (tertiary/aromatic N) is 3. The molecule has 8 heteroatoms. The van der Waals surface area contributed by atoms with Crippen LogP contribution in [0.15, 0.2) is 9.41 Å². The Hall–Kier alpha value is -1.32. The lowest BCUT2D eigenvalue weighted by molar-refractivity contribution is -0.128. The molecule has 0 fully saturated rings. The molecule has 1 heterocycles. The van der Waals surface area contributed by atoms with Crippen LogP contribution < -0.4 is 10.6 Å². The average Bonchev–Trinajstić information content (AvgIpc) is 2.72. The number of aryl methyl sites for hydroxylation is 2. The molecule has 0 bridgehead atoms. The lowest BCUT2D eigenvalue weighted by Crippen LogP contribution is -2.38. The predicted molar refractivity (Wildman–Crippen MR) is 92.9 cm³/mol. The number of nitrogens with one attached hydrogen (secondary N) is 2. The van der Waals surface area contributed by atoms with Gasteiger partial charge >= 0.3 is 0 Å². The molecule has 0 saturated heterocycles. The zero-order chi connectivity index (χ0) is 15.1. The molecule has 0 unspecified atom stereocenters. The largest absolute Gasteiger partial charge is 0.444 e. The summed E-state index contributed by atoms with van der Waals surface area (Å²) in [5, 5.41) is 6.16. The number of hydrogen-bond donors (Lipinski definition) is 2. The Balaban J connectivity index is 0.00000400. The van der Waals surface area contributed by atoms with E-state index in [2.05, 4.69) is 20.6 Å². The van der Waals surface area contributed by atoms with Crippen molar-refractivity contribution in [2.45, 2.75) is 26.8 Å². The van der Waals surface area contributed by atoms with Crippen molar-refractivity contribution in [1.82, 2.24) is 20.5 Å². The highest BCUT2D eigenvalue weighted by atomic mass is 127. The van der Waals surface area contributed by atoms with Gasteiger partial charge < -0.3 is 20.0 Å². The van der Waals surface area contributed by atoms with E-state index in [0.717, 1.165) is 11.5 Å². The van der Waals surface area contributed by atoms with Crippen LogP contribution in [0.4, 0.5) is 0 Å². The number of aliphatic imine (C=N–C) groups is 1. The van der Waals surface area contributed by atoms with E-state index in [-0.39, 0.29) is 29.9 Å². The molecule has 0 saturated carbocycles. The Bertz CT molecular complexity index is 465. The van der Waals surface area contributed by atoms with Crippen LogP contribution in [-0.2, 0) is 11.3 Å². The van der Waals surface area contributed by atoms with E-state index >= 15 is 0 Å². The van der Waals surface area contributed by atoms with Crippen LogP contribution in [0, 0.1) is 13.8 Å². The number of aromatic nitrogens is 1. The monoisotopic (exact) mass is 409 g/mol. The number of amides is 1. The lowest BCUT2D eigenvalue weighted by Gasteiger charge is -2.12. The van der Waals surface area contributed by atoms with E-state index in [1.165, 1.54) is 0 Å². The molecule has 0 aromatic carbocycles. The molecule has 21 heavy (non-hydrogen) atoms. The lowest BCUT2D eigenvalue weighted by atomic mass is 10.4. The van der Waals surface area contributed by atoms with Crippen molar-refractivity contribution < 1.29 is 9.21 Å². The van der Waals surface area contributed by atoms with E-state index in [1.807, 2.05) is 13.8 Å². The van der Waals surface area contributed by atoms with Crippen LogP contribution in [0.1, 0.15) is 23.8 Å². The molecule has 1 rings (SSSR count). The van der Waals surface area contributed by atoms with Crippen molar-refractivity contribution in [3.05, 3.63) is 17.3 Å². The third kappa shape index (κ3) is 6.78. The van der Waals surface area contributed by atoms with Gasteiger partial charge in [0.2, 0.25) is 11.8 Å². The second-order valence-corrected chi connectivity index (χ2v) is 4.64. The number of oxazole rings is 1. The summed E-state index contributed by atoms with van der Waals surface area (Å²) in [6.45, 7) is 4.77. The molecule has 120 valence electrons. The SMILES string of the molecule is CN=C(NCCC(=O)N(C)C)NCc1nc(C)c(C)o1.I. The third-order valence-corrected chi connectivity index (χ3v) is 2.83. The molecule has 0 aliphatic carbocycles. The summed E-state index contributed by atoms with van der Waals surface area (Å²) < 4.78 is 5.47. The van der Waals surface area contributed by atoms with Gasteiger partial charge in [0.25, 0.3) is 0 Å². The summed E-state index contributed by atoms with van der Waals surface area (Å²) >= 11 is 0. The van der Waals surface area contributed by atoms with Crippen LogP contribution in [0.25, 0.3) is 0 Å². The summed E-state index contributed by atoms with van der Waals surface area (Å²) in [6.07, 6.45) is 0.422. The van der Waals surface area contributed by atoms with Crippen molar-refractivity contribution >= 4 is 35.8 Å². The summed E-state index contributed by atoms with van der Waals surface area (Å²) in [5.74, 6) is 2.13. The minimum atomic E-state index is 0. The number of carbonyl (C=O) groups is 1. The molecule has 2 N–H and O–H groups in total. The third-order valence-electron chi connectivity index (χ3n) is 2.83. The topological polar surface area (TPSA) is 82.8 Å². The van der Waals surface area contributed by atoms with Gasteiger partial charge in [0.05, 0.1) is 12.2 Å². The van der Waals surface area contributed by atoms with Gasteiger partial charge in [-0.15, -0.1) is 24.0 Å². The summed E-state index contributed by atoms with van der Waals surface area (Å²) in [7, 11) is 5.15. The molecular formula is C13H24IN5O2. The average molecular weight is 409 g/mol. The Morgan fingerprint density at radius 3 is 2.48 bits per heavy atom. The van der Waals surface area contributed by atoms with E-state index < -0.39 is 0 Å². The van der Waals surface area contributed by atoms with Crippen LogP contribution in [0.3, 0.4) is 0 Å². The van der Waals surface area contributed by atoms with Crippen molar-refractivity contribution in [3.8, 4) is 0 Å². The molecule has 7 nitrogen and oxygen atoms in total. The van der Waals surface area contributed by atoms with Gasteiger partial charge in [-0.05, 0) is 13.8 Å². The zero-order valence-electron chi connectivity index (χ0n) is 13.2. The Morgan fingerprint density at radius 2 is 2.00 bits per heavy atom. The van der Waals surface area contributed by atoms with Gasteiger partial charge in [-0.2, -0.15) is 0 Å². The van der Waals surface area contributed by atoms with Crippen molar-refractivity contribution in [1.29, 1.82) is 0 Å². The zero-order valence-corrected chi connectivity index (χ0v) is 15.5. The van der Waals surface area contributed by atoms with Crippen LogP contribution >= 0.6 is 24.0 Å². The van der Waals surface area contributed by atoms with Gasteiger partial charge in [0.1, 0.15) is 5.76 Å². The van der Waals surface area contributed by atoms with Gasteiger partial charge in [0, 0.05) is 34.1 Å². The maximum Gasteiger partial charge on any atom is 0.223 e. The maximum atomic E-state index is 11.4. The Labute approximate surface area is 142 Å². The first-order valence-electron chi connectivity index (χ1n) is 6.51. The fraction of sp³-hybridized carbons (Fsp3) is 0.615. The van der Waals surface area contributed by atoms with E-state index in [4.69, 9.17) is 4.42 Å². The second-order valence-electron chi connectivity index (χ2n) is 4.64. The van der Waals surface area contributed by atoms with Gasteiger partial charge in [0.15, 0.2) is 5.96 Å². The second kappa shape index (κ2) is 9.59. The Morgan fingerprint density at radius 1 is 1.33 bits per heavy atom. The van der Waals surface area contributed by atoms with E-state index in [0.29, 0.717) is 31.4 Å². The summed E-state index contributed by atoms with van der Waals surface area (Å²) in [4.78, 5) is 21.3. The first-order valence-corrected chi connectivity index (χ1v) is 6.51. The molecule has 0 aliphatic rings. The normalized spacial score (nSPS) is 10.8. The minimum absolute atomic E-state index is 0. The highest BCUT2D eigenvalue weighted by Crippen LogP contribution is 2.07. The molecule has 0 spiro atoms. The molecule has 1 aromatic heterocycles. The quantitative estimate of drug-likeness (QED) is 0.432. The van der Waals surface area contributed by atoms with E-state index in [1.54, 1.807) is 26.0 Å².